The predicted octanol–water partition coefficient (Wildman–Crippen LogP) is 6.99. The Morgan fingerprint density at radius 2 is 0.757 bits per heavy atom. The summed E-state index contributed by atoms with van der Waals surface area (Å²) in [6.07, 6.45) is 0. The van der Waals surface area contributed by atoms with E-state index in [2.05, 4.69) is 41.5 Å². The molecule has 203 valence electrons. The summed E-state index contributed by atoms with van der Waals surface area (Å²) < 4.78 is 0. The van der Waals surface area contributed by atoms with E-state index in [9.17, 15) is 19.8 Å². The maximum Gasteiger partial charge on any atom is 0.339 e. The van der Waals surface area contributed by atoms with E-state index in [1.54, 1.807) is 0 Å². The summed E-state index contributed by atoms with van der Waals surface area (Å²) in [7, 11) is 0. The van der Waals surface area contributed by atoms with Crippen molar-refractivity contribution >= 4 is 29.3 Å². The van der Waals surface area contributed by atoms with Gasteiger partial charge in [-0.15, -0.1) is 0 Å². The van der Waals surface area contributed by atoms with Crippen LogP contribution in [0.4, 0.5) is 0 Å². The molecule has 0 aliphatic heterocycles. The molecule has 0 aliphatic rings. The van der Waals surface area contributed by atoms with Crippen molar-refractivity contribution < 1.29 is 30.0 Å². The average molecular weight is 528 g/mol. The predicted molar refractivity (Wildman–Crippen MR) is 151 cm³/mol. The molecule has 2 aromatic rings. The zero-order chi connectivity index (χ0) is 28.6. The van der Waals surface area contributed by atoms with Crippen LogP contribution in [-0.4, -0.2) is 49.7 Å². The minimum atomic E-state index is -1.10. The first kappa shape index (κ1) is 34.5. The molecule has 6 nitrogen and oxygen atoms in total. The van der Waals surface area contributed by atoms with Crippen LogP contribution >= 0.6 is 0 Å². The fourth-order valence-electron chi connectivity index (χ4n) is 4.30. The summed E-state index contributed by atoms with van der Waals surface area (Å²) in [6.45, 7) is 24.2. The van der Waals surface area contributed by atoms with Crippen LogP contribution in [0.1, 0.15) is 126 Å². The van der Waals surface area contributed by atoms with Crippen molar-refractivity contribution in [3.63, 3.8) is 0 Å². The molecule has 3 radical (unpaired) electrons. The summed E-state index contributed by atoms with van der Waals surface area (Å²) in [4.78, 5) is 22.2. The van der Waals surface area contributed by atoms with E-state index in [0.29, 0.717) is 0 Å². The average Bonchev–Trinajstić information content (AvgIpc) is 2.63. The molecule has 0 saturated heterocycles. The largest absolute Gasteiger partial charge is 0.507 e. The molecule has 0 amide bonds. The Balaban J connectivity index is 0.000000682. The lowest BCUT2D eigenvalue weighted by Crippen LogP contribution is -2.23. The van der Waals surface area contributed by atoms with Crippen LogP contribution in [0, 0.1) is 0 Å². The molecule has 4 N–H and O–H groups in total. The molecule has 0 bridgehead atoms. The number of hydrogen-bond acceptors (Lipinski definition) is 4. The molecule has 0 fully saturated rings. The van der Waals surface area contributed by atoms with Gasteiger partial charge in [-0.2, -0.15) is 0 Å². The lowest BCUT2D eigenvalue weighted by Gasteiger charge is -2.31. The van der Waals surface area contributed by atoms with Crippen LogP contribution in [0.15, 0.2) is 24.3 Å². The molecule has 0 atom stereocenters. The lowest BCUT2D eigenvalue weighted by atomic mass is 9.74. The van der Waals surface area contributed by atoms with Gasteiger partial charge in [0.25, 0.3) is 0 Å². The molecule has 0 unspecified atom stereocenters. The van der Waals surface area contributed by atoms with Crippen molar-refractivity contribution in [2.45, 2.75) is 105 Å². The number of carboxylic acid groups (broad SMARTS) is 2. The van der Waals surface area contributed by atoms with Gasteiger partial charge in [0, 0.05) is 28.5 Å². The summed E-state index contributed by atoms with van der Waals surface area (Å²) in [5, 5.41) is 38.7. The molecule has 0 saturated carbocycles. The highest BCUT2D eigenvalue weighted by molar-refractivity contribution is 5.92. The van der Waals surface area contributed by atoms with Gasteiger partial charge in [-0.25, -0.2) is 9.59 Å². The van der Waals surface area contributed by atoms with E-state index in [4.69, 9.17) is 10.2 Å². The summed E-state index contributed by atoms with van der Waals surface area (Å²) in [5.41, 5.74) is 2.44. The Hall–Kier alpha value is -2.49. The molecule has 0 spiro atoms. The summed E-state index contributed by atoms with van der Waals surface area (Å²) in [5.74, 6) is -2.42. The van der Waals surface area contributed by atoms with Gasteiger partial charge in [-0.05, 0) is 44.9 Å². The van der Waals surface area contributed by atoms with Crippen LogP contribution < -0.4 is 0 Å². The number of aromatic carboxylic acids is 2. The van der Waals surface area contributed by atoms with Crippen molar-refractivity contribution in [3.05, 3.63) is 57.6 Å². The topological polar surface area (TPSA) is 115 Å². The van der Waals surface area contributed by atoms with Crippen LogP contribution in [0.2, 0.25) is 0 Å². The van der Waals surface area contributed by atoms with Crippen molar-refractivity contribution in [1.29, 1.82) is 0 Å². The van der Waals surface area contributed by atoms with Crippen LogP contribution in [0.3, 0.4) is 0 Å². The second kappa shape index (κ2) is 11.5. The molecule has 7 heteroatoms. The van der Waals surface area contributed by atoms with Gasteiger partial charge in [-0.1, -0.05) is 95.2 Å². The SMILES string of the molecule is CC(C)(C)c1ccc(C(=O)O)c(O)c1C(C)(C)C.CC(C)(C)c1ccc(C(=O)O)c(O)c1C(C)(C)C.[Al]. The zero-order valence-corrected chi connectivity index (χ0v) is 25.6. The fourth-order valence-corrected chi connectivity index (χ4v) is 4.30. The number of aromatic hydroxyl groups is 2. The summed E-state index contributed by atoms with van der Waals surface area (Å²) >= 11 is 0. The van der Waals surface area contributed by atoms with Crippen LogP contribution in [-0.2, 0) is 21.7 Å². The minimum Gasteiger partial charge on any atom is -0.507 e. The number of hydrogen-bond donors (Lipinski definition) is 4. The highest BCUT2D eigenvalue weighted by Crippen LogP contribution is 2.42. The lowest BCUT2D eigenvalue weighted by molar-refractivity contribution is 0.0682. The van der Waals surface area contributed by atoms with Crippen molar-refractivity contribution in [1.82, 2.24) is 0 Å². The molecule has 2 rings (SSSR count). The van der Waals surface area contributed by atoms with Crippen molar-refractivity contribution in [2.24, 2.45) is 0 Å². The van der Waals surface area contributed by atoms with Crippen molar-refractivity contribution in [2.75, 3.05) is 0 Å². The maximum atomic E-state index is 11.1. The van der Waals surface area contributed by atoms with Crippen molar-refractivity contribution in [3.8, 4) is 11.5 Å². The standard InChI is InChI=1S/2C15H22O3.Al/c2*1-14(2,3)10-8-7-9(13(17)18)12(16)11(10)15(4,5)6;/h2*7-8,16H,1-6H3,(H,17,18);. The second-order valence-electron chi connectivity index (χ2n) is 13.4. The fraction of sp³-hybridized carbons (Fsp3) is 0.533. The molecule has 0 aliphatic carbocycles. The Kier molecular flexibility index (Phi) is 10.7. The third-order valence-electron chi connectivity index (χ3n) is 5.93. The first-order chi connectivity index (χ1) is 15.9. The van der Waals surface area contributed by atoms with Gasteiger partial charge in [0.2, 0.25) is 0 Å². The molecular formula is C30H44AlO6. The Labute approximate surface area is 232 Å². The third kappa shape index (κ3) is 8.25. The van der Waals surface area contributed by atoms with Gasteiger partial charge in [0.05, 0.1) is 0 Å². The zero-order valence-electron chi connectivity index (χ0n) is 24.5. The van der Waals surface area contributed by atoms with E-state index in [1.165, 1.54) is 12.1 Å². The van der Waals surface area contributed by atoms with E-state index in [-0.39, 0.29) is 61.6 Å². The molecule has 0 heterocycles. The Morgan fingerprint density at radius 1 is 0.514 bits per heavy atom. The van der Waals surface area contributed by atoms with Crippen LogP contribution in [0.25, 0.3) is 0 Å². The van der Waals surface area contributed by atoms with Gasteiger partial charge in [0.15, 0.2) is 0 Å². The first-order valence-corrected chi connectivity index (χ1v) is 12.1. The van der Waals surface area contributed by atoms with E-state index in [0.717, 1.165) is 22.3 Å². The normalized spacial score (nSPS) is 12.2. The highest BCUT2D eigenvalue weighted by Gasteiger charge is 2.31. The number of rotatable bonds is 2. The number of benzene rings is 2. The number of phenols is 2. The smallest absolute Gasteiger partial charge is 0.339 e. The molecule has 37 heavy (non-hydrogen) atoms. The van der Waals surface area contributed by atoms with E-state index < -0.39 is 11.9 Å². The first-order valence-electron chi connectivity index (χ1n) is 12.1. The quantitative estimate of drug-likeness (QED) is 0.313. The Bertz CT molecular complexity index is 1050. The number of carbonyl (C=O) groups is 2. The second-order valence-corrected chi connectivity index (χ2v) is 13.4. The van der Waals surface area contributed by atoms with Crippen LogP contribution in [0.5, 0.6) is 11.5 Å². The van der Waals surface area contributed by atoms with E-state index in [1.807, 2.05) is 53.7 Å². The minimum absolute atomic E-state index is 0. The van der Waals surface area contributed by atoms with Gasteiger partial charge in [0.1, 0.15) is 22.6 Å². The highest BCUT2D eigenvalue weighted by atomic mass is 27.0. The molecule has 0 aromatic heterocycles. The van der Waals surface area contributed by atoms with Gasteiger partial charge >= 0.3 is 11.9 Å². The molecule has 2 aromatic carbocycles. The van der Waals surface area contributed by atoms with Gasteiger partial charge in [-0.3, -0.25) is 0 Å². The monoisotopic (exact) mass is 527 g/mol. The van der Waals surface area contributed by atoms with Gasteiger partial charge < -0.3 is 20.4 Å². The number of carboxylic acids is 2. The Morgan fingerprint density at radius 3 is 0.919 bits per heavy atom. The maximum absolute atomic E-state index is 11.1. The molecular weight excluding hydrogens is 483 g/mol. The van der Waals surface area contributed by atoms with E-state index >= 15 is 0 Å². The summed E-state index contributed by atoms with van der Waals surface area (Å²) in [6, 6.07) is 6.58. The third-order valence-corrected chi connectivity index (χ3v) is 5.93.